The molecule has 1 aromatic rings. The Kier molecular flexibility index (Phi) is 6.45. The molecular formula is C14H19N3O7. The lowest BCUT2D eigenvalue weighted by molar-refractivity contribution is -0.385. The van der Waals surface area contributed by atoms with Crippen molar-refractivity contribution in [1.82, 2.24) is 9.47 Å². The van der Waals surface area contributed by atoms with E-state index in [-0.39, 0.29) is 36.8 Å². The number of hydrogen-bond acceptors (Lipinski definition) is 7. The summed E-state index contributed by atoms with van der Waals surface area (Å²) < 4.78 is 10.6. The molecule has 0 fully saturated rings. The lowest BCUT2D eigenvalue weighted by Gasteiger charge is -2.19. The van der Waals surface area contributed by atoms with E-state index in [4.69, 9.17) is 4.74 Å². The van der Waals surface area contributed by atoms with E-state index in [0.29, 0.717) is 0 Å². The van der Waals surface area contributed by atoms with Gasteiger partial charge in [0.2, 0.25) is 5.91 Å². The van der Waals surface area contributed by atoms with Crippen molar-refractivity contribution in [2.75, 3.05) is 20.3 Å². The van der Waals surface area contributed by atoms with Crippen molar-refractivity contribution in [2.24, 2.45) is 7.05 Å². The molecule has 10 heteroatoms. The number of hydrogen-bond donors (Lipinski definition) is 0. The average molecular weight is 341 g/mol. The Balaban J connectivity index is 3.24. The summed E-state index contributed by atoms with van der Waals surface area (Å²) in [4.78, 5) is 46.6. The summed E-state index contributed by atoms with van der Waals surface area (Å²) in [5.74, 6) is -1.84. The summed E-state index contributed by atoms with van der Waals surface area (Å²) in [5.41, 5.74) is -0.251. The van der Waals surface area contributed by atoms with Crippen LogP contribution in [-0.4, -0.2) is 52.5 Å². The fourth-order valence-electron chi connectivity index (χ4n) is 2.05. The zero-order chi connectivity index (χ0) is 18.4. The Morgan fingerprint density at radius 3 is 2.46 bits per heavy atom. The van der Waals surface area contributed by atoms with Gasteiger partial charge in [0, 0.05) is 20.0 Å². The summed E-state index contributed by atoms with van der Waals surface area (Å²) >= 11 is 0. The van der Waals surface area contributed by atoms with Crippen LogP contribution in [-0.2, 0) is 32.7 Å². The number of amides is 1. The highest BCUT2D eigenvalue weighted by atomic mass is 16.6. The molecule has 0 spiro atoms. The second-order valence-corrected chi connectivity index (χ2v) is 4.85. The maximum Gasteiger partial charge on any atom is 0.355 e. The lowest BCUT2D eigenvalue weighted by atomic mass is 10.3. The number of carbonyl (C=O) groups is 3. The van der Waals surface area contributed by atoms with Gasteiger partial charge < -0.3 is 18.9 Å². The number of ether oxygens (including phenoxy) is 2. The number of carbonyl (C=O) groups excluding carboxylic acids is 3. The van der Waals surface area contributed by atoms with Crippen LogP contribution in [0.1, 0.15) is 30.0 Å². The average Bonchev–Trinajstić information content (AvgIpc) is 2.83. The van der Waals surface area contributed by atoms with E-state index in [1.54, 1.807) is 6.92 Å². The van der Waals surface area contributed by atoms with Crippen LogP contribution in [0.2, 0.25) is 0 Å². The number of methoxy groups -OCH3 is 1. The van der Waals surface area contributed by atoms with Crippen LogP contribution in [0.5, 0.6) is 0 Å². The van der Waals surface area contributed by atoms with E-state index in [2.05, 4.69) is 4.74 Å². The van der Waals surface area contributed by atoms with Crippen LogP contribution in [0.15, 0.2) is 6.07 Å². The molecule has 0 aromatic carbocycles. The van der Waals surface area contributed by atoms with Crippen molar-refractivity contribution in [2.45, 2.75) is 20.4 Å². The van der Waals surface area contributed by atoms with Crippen molar-refractivity contribution in [3.8, 4) is 0 Å². The molecule has 132 valence electrons. The molecule has 0 bridgehead atoms. The second-order valence-electron chi connectivity index (χ2n) is 4.85. The number of nitrogens with zero attached hydrogens (tertiary/aromatic N) is 3. The van der Waals surface area contributed by atoms with Crippen LogP contribution in [0.4, 0.5) is 5.69 Å². The Bertz CT molecular complexity index is 666. The van der Waals surface area contributed by atoms with Gasteiger partial charge in [-0.15, -0.1) is 0 Å². The molecule has 1 aromatic heterocycles. The zero-order valence-electron chi connectivity index (χ0n) is 13.9. The van der Waals surface area contributed by atoms with Gasteiger partial charge in [-0.25, -0.2) is 4.79 Å². The van der Waals surface area contributed by atoms with Crippen LogP contribution >= 0.6 is 0 Å². The third-order valence-corrected chi connectivity index (χ3v) is 3.35. The minimum absolute atomic E-state index is 0.0138. The molecule has 10 nitrogen and oxygen atoms in total. The van der Waals surface area contributed by atoms with E-state index < -0.39 is 22.8 Å². The minimum atomic E-state index is -0.711. The van der Waals surface area contributed by atoms with Crippen molar-refractivity contribution in [1.29, 1.82) is 0 Å². The smallest absolute Gasteiger partial charge is 0.355 e. The van der Waals surface area contributed by atoms with E-state index in [9.17, 15) is 24.5 Å². The number of aromatic nitrogens is 1. The van der Waals surface area contributed by atoms with Gasteiger partial charge in [0.1, 0.15) is 17.9 Å². The van der Waals surface area contributed by atoms with E-state index in [1.165, 1.54) is 25.6 Å². The lowest BCUT2D eigenvalue weighted by Crippen LogP contribution is -2.34. The van der Waals surface area contributed by atoms with Crippen LogP contribution in [0.3, 0.4) is 0 Å². The van der Waals surface area contributed by atoms with Crippen molar-refractivity contribution >= 4 is 23.5 Å². The van der Waals surface area contributed by atoms with E-state index in [0.717, 1.165) is 11.0 Å². The molecule has 0 saturated carbocycles. The van der Waals surface area contributed by atoms with E-state index >= 15 is 0 Å². The molecule has 0 unspecified atom stereocenters. The largest absolute Gasteiger partial charge is 0.468 e. The van der Waals surface area contributed by atoms with Crippen LogP contribution in [0.25, 0.3) is 0 Å². The molecule has 0 aliphatic heterocycles. The first-order valence-electron chi connectivity index (χ1n) is 7.05. The van der Waals surface area contributed by atoms with Crippen molar-refractivity contribution < 1.29 is 28.8 Å². The SMILES string of the molecule is CCOC(=O)c1cc([N+](=O)[O-])c(CN(CC(=O)OC)C(C)=O)n1C. The minimum Gasteiger partial charge on any atom is -0.468 e. The van der Waals surface area contributed by atoms with Gasteiger partial charge in [0.15, 0.2) is 0 Å². The molecule has 0 radical (unpaired) electrons. The highest BCUT2D eigenvalue weighted by molar-refractivity contribution is 5.89. The summed E-state index contributed by atoms with van der Waals surface area (Å²) in [5, 5.41) is 11.2. The molecule has 1 heterocycles. The number of esters is 2. The second kappa shape index (κ2) is 8.09. The maximum absolute atomic E-state index is 11.9. The molecule has 24 heavy (non-hydrogen) atoms. The fourth-order valence-corrected chi connectivity index (χ4v) is 2.05. The highest BCUT2D eigenvalue weighted by Gasteiger charge is 2.28. The molecule has 0 N–H and O–H groups in total. The predicted molar refractivity (Wildman–Crippen MR) is 81.1 cm³/mol. The van der Waals surface area contributed by atoms with Crippen LogP contribution in [0, 0.1) is 10.1 Å². The fraction of sp³-hybridized carbons (Fsp3) is 0.500. The Morgan fingerprint density at radius 1 is 1.38 bits per heavy atom. The monoisotopic (exact) mass is 341 g/mol. The first-order valence-corrected chi connectivity index (χ1v) is 7.05. The van der Waals surface area contributed by atoms with Crippen LogP contribution < -0.4 is 0 Å². The molecule has 0 atom stereocenters. The topological polar surface area (TPSA) is 121 Å². The summed E-state index contributed by atoms with van der Waals surface area (Å²) in [6.07, 6.45) is 0. The highest BCUT2D eigenvalue weighted by Crippen LogP contribution is 2.25. The van der Waals surface area contributed by atoms with Gasteiger partial charge in [-0.3, -0.25) is 19.7 Å². The molecule has 1 amide bonds. The standard InChI is InChI=1S/C14H19N3O7/c1-5-24-14(20)11-6-10(17(21)22)12(15(11)3)7-16(9(2)18)8-13(19)23-4/h6H,5,7-8H2,1-4H3. The third-order valence-electron chi connectivity index (χ3n) is 3.35. The van der Waals surface area contributed by atoms with Gasteiger partial charge in [0.05, 0.1) is 25.2 Å². The molecular weight excluding hydrogens is 322 g/mol. The Labute approximate surface area is 138 Å². The molecule has 0 aliphatic rings. The number of rotatable bonds is 7. The third kappa shape index (κ3) is 4.31. The predicted octanol–water partition coefficient (Wildman–Crippen LogP) is 0.631. The van der Waals surface area contributed by atoms with Crippen molar-refractivity contribution in [3.63, 3.8) is 0 Å². The normalized spacial score (nSPS) is 10.2. The van der Waals surface area contributed by atoms with Gasteiger partial charge >= 0.3 is 11.9 Å². The number of nitro groups is 1. The summed E-state index contributed by atoms with van der Waals surface area (Å²) in [6, 6.07) is 1.09. The Morgan fingerprint density at radius 2 is 2.00 bits per heavy atom. The van der Waals surface area contributed by atoms with Gasteiger partial charge in [-0.1, -0.05) is 0 Å². The van der Waals surface area contributed by atoms with Crippen molar-refractivity contribution in [3.05, 3.63) is 27.6 Å². The Hall–Kier alpha value is -2.91. The maximum atomic E-state index is 11.9. The van der Waals surface area contributed by atoms with Gasteiger partial charge in [-0.05, 0) is 6.92 Å². The first kappa shape index (κ1) is 19.1. The van der Waals surface area contributed by atoms with E-state index in [1.807, 2.05) is 0 Å². The summed E-state index contributed by atoms with van der Waals surface area (Å²) in [7, 11) is 2.62. The summed E-state index contributed by atoms with van der Waals surface area (Å²) in [6.45, 7) is 2.38. The first-order chi connectivity index (χ1) is 11.2. The van der Waals surface area contributed by atoms with Gasteiger partial charge in [-0.2, -0.15) is 0 Å². The zero-order valence-corrected chi connectivity index (χ0v) is 13.9. The molecule has 1 rings (SSSR count). The quantitative estimate of drug-likeness (QED) is 0.405. The molecule has 0 aliphatic carbocycles. The van der Waals surface area contributed by atoms with Gasteiger partial charge in [0.25, 0.3) is 5.69 Å². The molecule has 0 saturated heterocycles.